The van der Waals surface area contributed by atoms with E-state index in [0.29, 0.717) is 0 Å². The average Bonchev–Trinajstić information content (AvgIpc) is 2.16. The summed E-state index contributed by atoms with van der Waals surface area (Å²) in [5.74, 6) is 0. The summed E-state index contributed by atoms with van der Waals surface area (Å²) in [7, 11) is 0. The largest absolute Gasteiger partial charge is 0.374 e. The minimum absolute atomic E-state index is 0.258. The Hall–Kier alpha value is -0.340. The highest BCUT2D eigenvalue weighted by Crippen LogP contribution is 2.41. The molecule has 84 valence electrons. The van der Waals surface area contributed by atoms with Gasteiger partial charge in [0.2, 0.25) is 0 Å². The molecule has 1 spiro atoms. The second-order valence-corrected chi connectivity index (χ2v) is 5.33. The molecule has 3 rings (SSSR count). The maximum atomic E-state index is 6.10. The van der Waals surface area contributed by atoms with Crippen LogP contribution < -0.4 is 5.32 Å². The Morgan fingerprint density at radius 3 is 2.47 bits per heavy atom. The normalized spacial score (nSPS) is 30.4. The van der Waals surface area contributed by atoms with Gasteiger partial charge in [0.1, 0.15) is 0 Å². The Morgan fingerprint density at radius 1 is 1.00 bits per heavy atom. The van der Waals surface area contributed by atoms with Crippen molar-refractivity contribution in [2.75, 3.05) is 19.7 Å². The molecule has 0 atom stereocenters. The molecule has 2 nitrogen and oxygen atoms in total. The summed E-state index contributed by atoms with van der Waals surface area (Å²) >= 11 is 0. The average molecular weight is 207 g/mol. The van der Waals surface area contributed by atoms with Gasteiger partial charge in [0.15, 0.2) is 0 Å². The molecule has 0 aromatic rings. The predicted molar refractivity (Wildman–Crippen MR) is 60.9 cm³/mol. The second kappa shape index (κ2) is 3.91. The maximum absolute atomic E-state index is 6.10. The number of rotatable bonds is 0. The highest BCUT2D eigenvalue weighted by Gasteiger charge is 2.37. The molecule has 1 saturated carbocycles. The summed E-state index contributed by atoms with van der Waals surface area (Å²) in [4.78, 5) is 0. The zero-order valence-electron chi connectivity index (χ0n) is 9.48. The maximum Gasteiger partial charge on any atom is 0.0719 e. The zero-order chi connectivity index (χ0) is 10.1. The molecule has 3 aliphatic rings. The van der Waals surface area contributed by atoms with E-state index < -0.39 is 0 Å². The minimum Gasteiger partial charge on any atom is -0.374 e. The first kappa shape index (κ1) is 9.86. The summed E-state index contributed by atoms with van der Waals surface area (Å²) in [6.07, 6.45) is 9.21. The third-order valence-electron chi connectivity index (χ3n) is 4.29. The van der Waals surface area contributed by atoms with Crippen LogP contribution in [0.1, 0.15) is 44.9 Å². The van der Waals surface area contributed by atoms with Crippen LogP contribution in [-0.2, 0) is 4.74 Å². The highest BCUT2D eigenvalue weighted by atomic mass is 16.5. The molecule has 0 aromatic heterocycles. The van der Waals surface area contributed by atoms with Gasteiger partial charge in [0.05, 0.1) is 12.2 Å². The van der Waals surface area contributed by atoms with Crippen LogP contribution in [0.3, 0.4) is 0 Å². The number of nitrogens with one attached hydrogen (secondary N) is 1. The van der Waals surface area contributed by atoms with Gasteiger partial charge in [-0.2, -0.15) is 0 Å². The first-order valence-corrected chi connectivity index (χ1v) is 6.42. The fraction of sp³-hybridized carbons (Fsp3) is 0.846. The molecule has 15 heavy (non-hydrogen) atoms. The molecule has 0 radical (unpaired) electrons. The van der Waals surface area contributed by atoms with Crippen molar-refractivity contribution < 1.29 is 4.74 Å². The van der Waals surface area contributed by atoms with Crippen LogP contribution in [0, 0.1) is 0 Å². The van der Waals surface area contributed by atoms with E-state index in [2.05, 4.69) is 5.32 Å². The van der Waals surface area contributed by atoms with Crippen molar-refractivity contribution in [2.24, 2.45) is 0 Å². The molecular weight excluding hydrogens is 186 g/mol. The van der Waals surface area contributed by atoms with Gasteiger partial charge in [-0.15, -0.1) is 0 Å². The molecule has 2 saturated heterocycles. The molecule has 0 unspecified atom stereocenters. The van der Waals surface area contributed by atoms with Crippen molar-refractivity contribution in [2.45, 2.75) is 50.5 Å². The molecule has 2 heterocycles. The molecule has 0 bridgehead atoms. The molecule has 0 aromatic carbocycles. The van der Waals surface area contributed by atoms with Gasteiger partial charge in [0, 0.05) is 13.1 Å². The number of ether oxygens (including phenoxy) is 1. The predicted octanol–water partition coefficient (Wildman–Crippen LogP) is 2.40. The lowest BCUT2D eigenvalue weighted by molar-refractivity contribution is -0.0844. The monoisotopic (exact) mass is 207 g/mol. The van der Waals surface area contributed by atoms with E-state index in [1.54, 1.807) is 11.1 Å². The first-order chi connectivity index (χ1) is 7.38. The highest BCUT2D eigenvalue weighted by molar-refractivity contribution is 5.25. The fourth-order valence-electron chi connectivity index (χ4n) is 3.24. The van der Waals surface area contributed by atoms with Gasteiger partial charge in [-0.25, -0.2) is 0 Å². The van der Waals surface area contributed by atoms with Gasteiger partial charge in [-0.05, 0) is 31.3 Å². The van der Waals surface area contributed by atoms with E-state index in [-0.39, 0.29) is 5.60 Å². The Bertz CT molecular complexity index is 265. The van der Waals surface area contributed by atoms with Crippen LogP contribution in [0.2, 0.25) is 0 Å². The van der Waals surface area contributed by atoms with Crippen LogP contribution in [0.15, 0.2) is 11.1 Å². The molecule has 3 fully saturated rings. The quantitative estimate of drug-likeness (QED) is 0.616. The smallest absolute Gasteiger partial charge is 0.0719 e. The Morgan fingerprint density at radius 2 is 1.80 bits per heavy atom. The van der Waals surface area contributed by atoms with E-state index >= 15 is 0 Å². The van der Waals surface area contributed by atoms with Gasteiger partial charge in [0.25, 0.3) is 0 Å². The van der Waals surface area contributed by atoms with Gasteiger partial charge in [-0.3, -0.25) is 0 Å². The van der Waals surface area contributed by atoms with E-state index in [9.17, 15) is 0 Å². The van der Waals surface area contributed by atoms with Crippen molar-refractivity contribution in [3.63, 3.8) is 0 Å². The molecule has 1 N–H and O–H groups in total. The van der Waals surface area contributed by atoms with Gasteiger partial charge >= 0.3 is 0 Å². The lowest BCUT2D eigenvalue weighted by Crippen LogP contribution is -2.42. The zero-order valence-corrected chi connectivity index (χ0v) is 9.48. The topological polar surface area (TPSA) is 21.3 Å². The molecule has 2 aliphatic heterocycles. The Labute approximate surface area is 92.1 Å². The van der Waals surface area contributed by atoms with Gasteiger partial charge < -0.3 is 10.1 Å². The van der Waals surface area contributed by atoms with Crippen molar-refractivity contribution in [1.29, 1.82) is 0 Å². The van der Waals surface area contributed by atoms with Crippen molar-refractivity contribution in [3.05, 3.63) is 11.1 Å². The summed E-state index contributed by atoms with van der Waals surface area (Å²) < 4.78 is 6.10. The van der Waals surface area contributed by atoms with Crippen molar-refractivity contribution in [1.82, 2.24) is 5.32 Å². The summed E-state index contributed by atoms with van der Waals surface area (Å²) in [5, 5.41) is 3.35. The standard InChI is InChI=1S/C13H21NO/c1-2-5-13(6-3-1)8-11(4-7-15-13)12-9-14-10-12/h14H,1-10H2. The van der Waals surface area contributed by atoms with Crippen LogP contribution in [-0.4, -0.2) is 25.3 Å². The van der Waals surface area contributed by atoms with E-state index in [1.165, 1.54) is 44.9 Å². The number of hydrogen-bond acceptors (Lipinski definition) is 2. The van der Waals surface area contributed by atoms with E-state index in [4.69, 9.17) is 4.74 Å². The lowest BCUT2D eigenvalue weighted by atomic mass is 9.77. The van der Waals surface area contributed by atoms with E-state index in [0.717, 1.165) is 19.7 Å². The van der Waals surface area contributed by atoms with Crippen LogP contribution >= 0.6 is 0 Å². The Kier molecular flexibility index (Phi) is 2.57. The van der Waals surface area contributed by atoms with Crippen molar-refractivity contribution in [3.8, 4) is 0 Å². The third kappa shape index (κ3) is 1.85. The second-order valence-electron chi connectivity index (χ2n) is 5.33. The fourth-order valence-corrected chi connectivity index (χ4v) is 3.24. The summed E-state index contributed by atoms with van der Waals surface area (Å²) in [5.41, 5.74) is 3.67. The molecular formula is C13H21NO. The lowest BCUT2D eigenvalue weighted by Gasteiger charge is -2.43. The summed E-state index contributed by atoms with van der Waals surface area (Å²) in [6.45, 7) is 3.26. The molecule has 0 amide bonds. The molecule has 1 aliphatic carbocycles. The van der Waals surface area contributed by atoms with Crippen molar-refractivity contribution >= 4 is 0 Å². The Balaban J connectivity index is 1.74. The van der Waals surface area contributed by atoms with Crippen LogP contribution in [0.25, 0.3) is 0 Å². The van der Waals surface area contributed by atoms with Gasteiger partial charge in [-0.1, -0.05) is 24.8 Å². The summed E-state index contributed by atoms with van der Waals surface area (Å²) in [6, 6.07) is 0. The van der Waals surface area contributed by atoms with Crippen LogP contribution in [0.4, 0.5) is 0 Å². The third-order valence-corrected chi connectivity index (χ3v) is 4.29. The van der Waals surface area contributed by atoms with Crippen LogP contribution in [0.5, 0.6) is 0 Å². The van der Waals surface area contributed by atoms with E-state index in [1.807, 2.05) is 0 Å². The molecule has 2 heteroatoms. The first-order valence-electron chi connectivity index (χ1n) is 6.42. The number of hydrogen-bond donors (Lipinski definition) is 1. The SMILES string of the molecule is C1CCC2(CC1)CC(=C1CNC1)CCO2. The minimum atomic E-state index is 0.258.